The first-order valence-electron chi connectivity index (χ1n) is 5.68. The number of ether oxygens (including phenoxy) is 1. The zero-order valence-electron chi connectivity index (χ0n) is 10.2. The van der Waals surface area contributed by atoms with Crippen molar-refractivity contribution >= 4 is 39.6 Å². The Bertz CT molecular complexity index is 668. The summed E-state index contributed by atoms with van der Waals surface area (Å²) in [5.41, 5.74) is 0.597. The molecule has 0 atom stereocenters. The van der Waals surface area contributed by atoms with E-state index in [2.05, 4.69) is 15.9 Å². The van der Waals surface area contributed by atoms with Crippen LogP contribution in [0.5, 0.6) is 11.5 Å². The Morgan fingerprint density at radius 2 is 2.05 bits per heavy atom. The van der Waals surface area contributed by atoms with Crippen molar-refractivity contribution in [1.82, 2.24) is 0 Å². The molecule has 0 radical (unpaired) electrons. The van der Waals surface area contributed by atoms with Gasteiger partial charge in [0, 0.05) is 21.1 Å². The van der Waals surface area contributed by atoms with E-state index in [0.717, 1.165) is 10.5 Å². The van der Waals surface area contributed by atoms with E-state index < -0.39 is 5.97 Å². The summed E-state index contributed by atoms with van der Waals surface area (Å²) in [5, 5.41) is 9.21. The Balaban J connectivity index is 2.33. The molecule has 3 nitrogen and oxygen atoms in total. The number of aliphatic carboxylic acids is 1. The zero-order chi connectivity index (χ0) is 14.5. The molecule has 0 aliphatic rings. The van der Waals surface area contributed by atoms with Crippen LogP contribution in [-0.2, 0) is 4.79 Å². The van der Waals surface area contributed by atoms with E-state index in [1.165, 1.54) is 6.08 Å². The van der Waals surface area contributed by atoms with Gasteiger partial charge in [-0.25, -0.2) is 4.79 Å². The van der Waals surface area contributed by atoms with Crippen molar-refractivity contribution in [3.8, 4) is 11.5 Å². The number of rotatable bonds is 4. The van der Waals surface area contributed by atoms with Gasteiger partial charge in [0.15, 0.2) is 0 Å². The average molecular weight is 354 g/mol. The van der Waals surface area contributed by atoms with Crippen LogP contribution in [0.25, 0.3) is 6.08 Å². The van der Waals surface area contributed by atoms with Crippen molar-refractivity contribution < 1.29 is 14.6 Å². The summed E-state index contributed by atoms with van der Waals surface area (Å²) in [6, 6.07) is 12.4. The second kappa shape index (κ2) is 6.59. The highest BCUT2D eigenvalue weighted by molar-refractivity contribution is 9.10. The monoisotopic (exact) mass is 352 g/mol. The van der Waals surface area contributed by atoms with E-state index in [9.17, 15) is 4.79 Å². The molecular formula is C15H10BrClO3. The Hall–Kier alpha value is -1.78. The lowest BCUT2D eigenvalue weighted by molar-refractivity contribution is -0.131. The standard InChI is InChI=1S/C15H10BrClO3/c16-11-2-1-3-13(9-11)20-14-6-5-12(17)8-10(14)4-7-15(18)19/h1-9H,(H,18,19)/b7-4+. The molecule has 5 heteroatoms. The molecule has 0 aromatic heterocycles. The zero-order valence-corrected chi connectivity index (χ0v) is 12.6. The molecule has 0 bridgehead atoms. The van der Waals surface area contributed by atoms with Gasteiger partial charge >= 0.3 is 5.97 Å². The molecule has 2 aromatic carbocycles. The molecule has 0 heterocycles. The molecule has 2 aromatic rings. The minimum Gasteiger partial charge on any atom is -0.478 e. The summed E-state index contributed by atoms with van der Waals surface area (Å²) in [6.07, 6.45) is 2.49. The minimum atomic E-state index is -1.03. The van der Waals surface area contributed by atoms with Gasteiger partial charge in [0.25, 0.3) is 0 Å². The van der Waals surface area contributed by atoms with Gasteiger partial charge in [-0.1, -0.05) is 33.6 Å². The molecule has 20 heavy (non-hydrogen) atoms. The Morgan fingerprint density at radius 1 is 1.25 bits per heavy atom. The summed E-state index contributed by atoms with van der Waals surface area (Å²) in [5.74, 6) is 0.148. The smallest absolute Gasteiger partial charge is 0.328 e. The van der Waals surface area contributed by atoms with Crippen LogP contribution in [0.3, 0.4) is 0 Å². The van der Waals surface area contributed by atoms with Gasteiger partial charge in [-0.2, -0.15) is 0 Å². The molecule has 0 unspecified atom stereocenters. The number of carbonyl (C=O) groups is 1. The predicted molar refractivity (Wildman–Crippen MR) is 82.3 cm³/mol. The Kier molecular flexibility index (Phi) is 4.82. The SMILES string of the molecule is O=C(O)/C=C/c1cc(Cl)ccc1Oc1cccc(Br)c1. The molecule has 0 fully saturated rings. The highest BCUT2D eigenvalue weighted by Gasteiger charge is 2.05. The summed E-state index contributed by atoms with van der Waals surface area (Å²) in [6.45, 7) is 0. The fourth-order valence-corrected chi connectivity index (χ4v) is 2.12. The molecule has 1 N–H and O–H groups in total. The first-order chi connectivity index (χ1) is 9.54. The third-order valence-corrected chi connectivity index (χ3v) is 3.13. The summed E-state index contributed by atoms with van der Waals surface area (Å²) < 4.78 is 6.64. The molecule has 0 saturated carbocycles. The maximum Gasteiger partial charge on any atom is 0.328 e. The van der Waals surface area contributed by atoms with E-state index in [-0.39, 0.29) is 0 Å². The van der Waals surface area contributed by atoms with Crippen LogP contribution in [0.4, 0.5) is 0 Å². The first kappa shape index (κ1) is 14.6. The predicted octanol–water partition coefficient (Wildman–Crippen LogP) is 4.99. The van der Waals surface area contributed by atoms with Gasteiger partial charge in [0.1, 0.15) is 11.5 Å². The van der Waals surface area contributed by atoms with Crippen molar-refractivity contribution in [2.24, 2.45) is 0 Å². The molecule has 0 saturated heterocycles. The largest absolute Gasteiger partial charge is 0.478 e. The number of carboxylic acid groups (broad SMARTS) is 1. The van der Waals surface area contributed by atoms with Gasteiger partial charge in [0.05, 0.1) is 0 Å². The summed E-state index contributed by atoms with van der Waals surface area (Å²) in [7, 11) is 0. The fourth-order valence-electron chi connectivity index (χ4n) is 1.56. The quantitative estimate of drug-likeness (QED) is 0.787. The second-order valence-electron chi connectivity index (χ2n) is 3.91. The van der Waals surface area contributed by atoms with Crippen LogP contribution in [0.15, 0.2) is 53.0 Å². The van der Waals surface area contributed by atoms with Crippen LogP contribution >= 0.6 is 27.5 Å². The lowest BCUT2D eigenvalue weighted by Gasteiger charge is -2.09. The molecule has 2 rings (SSSR count). The van der Waals surface area contributed by atoms with Crippen LogP contribution < -0.4 is 4.74 Å². The van der Waals surface area contributed by atoms with E-state index in [1.54, 1.807) is 18.2 Å². The lowest BCUT2D eigenvalue weighted by atomic mass is 10.2. The highest BCUT2D eigenvalue weighted by Crippen LogP contribution is 2.30. The van der Waals surface area contributed by atoms with Crippen LogP contribution in [0.2, 0.25) is 5.02 Å². The minimum absolute atomic E-state index is 0.511. The summed E-state index contributed by atoms with van der Waals surface area (Å²) in [4.78, 5) is 10.6. The van der Waals surface area contributed by atoms with Gasteiger partial charge < -0.3 is 9.84 Å². The third-order valence-electron chi connectivity index (χ3n) is 2.40. The molecule has 0 aliphatic carbocycles. The maximum absolute atomic E-state index is 10.6. The number of benzene rings is 2. The van der Waals surface area contributed by atoms with Gasteiger partial charge in [-0.15, -0.1) is 0 Å². The number of hydrogen-bond donors (Lipinski definition) is 1. The van der Waals surface area contributed by atoms with E-state index >= 15 is 0 Å². The van der Waals surface area contributed by atoms with E-state index in [0.29, 0.717) is 22.1 Å². The van der Waals surface area contributed by atoms with Crippen LogP contribution in [-0.4, -0.2) is 11.1 Å². The van der Waals surface area contributed by atoms with Crippen molar-refractivity contribution in [3.05, 3.63) is 63.6 Å². The highest BCUT2D eigenvalue weighted by atomic mass is 79.9. The fraction of sp³-hybridized carbons (Fsp3) is 0. The molecule has 102 valence electrons. The van der Waals surface area contributed by atoms with Gasteiger partial charge in [-0.3, -0.25) is 0 Å². The van der Waals surface area contributed by atoms with E-state index in [1.807, 2.05) is 24.3 Å². The van der Waals surface area contributed by atoms with Crippen molar-refractivity contribution in [1.29, 1.82) is 0 Å². The van der Waals surface area contributed by atoms with Crippen LogP contribution in [0.1, 0.15) is 5.56 Å². The van der Waals surface area contributed by atoms with Crippen molar-refractivity contribution in [3.63, 3.8) is 0 Å². The molecule has 0 amide bonds. The van der Waals surface area contributed by atoms with Crippen molar-refractivity contribution in [2.45, 2.75) is 0 Å². The second-order valence-corrected chi connectivity index (χ2v) is 5.27. The van der Waals surface area contributed by atoms with Crippen LogP contribution in [0, 0.1) is 0 Å². The Morgan fingerprint density at radius 3 is 2.75 bits per heavy atom. The number of hydrogen-bond acceptors (Lipinski definition) is 2. The number of halogens is 2. The van der Waals surface area contributed by atoms with Crippen molar-refractivity contribution in [2.75, 3.05) is 0 Å². The molecule has 0 spiro atoms. The number of carboxylic acids is 1. The topological polar surface area (TPSA) is 46.5 Å². The first-order valence-corrected chi connectivity index (χ1v) is 6.85. The average Bonchev–Trinajstić information content (AvgIpc) is 2.39. The van der Waals surface area contributed by atoms with Gasteiger partial charge in [-0.05, 0) is 42.5 Å². The maximum atomic E-state index is 10.6. The van der Waals surface area contributed by atoms with E-state index in [4.69, 9.17) is 21.4 Å². The molecular weight excluding hydrogens is 344 g/mol. The third kappa shape index (κ3) is 4.11. The summed E-state index contributed by atoms with van der Waals surface area (Å²) >= 11 is 9.28. The lowest BCUT2D eigenvalue weighted by Crippen LogP contribution is -1.90. The Labute approximate surface area is 129 Å². The normalized spacial score (nSPS) is 10.7. The van der Waals surface area contributed by atoms with Gasteiger partial charge in [0.2, 0.25) is 0 Å². The molecule has 0 aliphatic heterocycles.